The minimum Gasteiger partial charge on any atom is -0.497 e. The van der Waals surface area contributed by atoms with Gasteiger partial charge >= 0.3 is 0 Å². The summed E-state index contributed by atoms with van der Waals surface area (Å²) in [6, 6.07) is 5.18. The van der Waals surface area contributed by atoms with Crippen LogP contribution < -0.4 is 9.47 Å². The Kier molecular flexibility index (Phi) is 4.89. The molecule has 0 heterocycles. The minimum atomic E-state index is -0.406. The number of carbonyl (C=O) groups excluding carboxylic acids is 2. The topological polar surface area (TPSA) is 52.6 Å². The normalized spacial score (nSPS) is 10.3. The number of ketones is 2. The Morgan fingerprint density at radius 3 is 2.33 bits per heavy atom. The quantitative estimate of drug-likeness (QED) is 0.725. The first kappa shape index (κ1) is 14.2. The second-order valence-corrected chi connectivity index (χ2v) is 4.30. The third-order valence-corrected chi connectivity index (χ3v) is 2.64. The first-order valence-corrected chi connectivity index (χ1v) is 5.77. The molecule has 4 heteroatoms. The van der Waals surface area contributed by atoms with Crippen LogP contribution in [0.2, 0.25) is 0 Å². The molecule has 0 fully saturated rings. The molecule has 4 nitrogen and oxygen atoms in total. The molecular weight excluding hydrogens is 232 g/mol. The lowest BCUT2D eigenvalue weighted by atomic mass is 9.99. The van der Waals surface area contributed by atoms with Gasteiger partial charge in [0.15, 0.2) is 0 Å². The van der Waals surface area contributed by atoms with Crippen LogP contribution in [0.4, 0.5) is 0 Å². The predicted molar refractivity (Wildman–Crippen MR) is 68.1 cm³/mol. The Morgan fingerprint density at radius 2 is 1.83 bits per heavy atom. The third-order valence-electron chi connectivity index (χ3n) is 2.64. The van der Waals surface area contributed by atoms with Crippen LogP contribution >= 0.6 is 0 Å². The Balaban J connectivity index is 2.95. The highest BCUT2D eigenvalue weighted by Crippen LogP contribution is 2.24. The number of carbonyl (C=O) groups is 2. The van der Waals surface area contributed by atoms with Gasteiger partial charge in [-0.05, 0) is 18.2 Å². The lowest BCUT2D eigenvalue weighted by Crippen LogP contribution is -2.21. The van der Waals surface area contributed by atoms with Crippen LogP contribution in [0.5, 0.6) is 11.5 Å². The molecule has 0 bridgehead atoms. The van der Waals surface area contributed by atoms with Gasteiger partial charge in [0.25, 0.3) is 0 Å². The van der Waals surface area contributed by atoms with Crippen molar-refractivity contribution in [3.8, 4) is 11.5 Å². The SMILES string of the molecule is COc1ccc(OC)c(CC(=O)C(=O)C(C)C)c1. The minimum absolute atomic E-state index is 0.0391. The highest BCUT2D eigenvalue weighted by molar-refractivity contribution is 6.38. The highest BCUT2D eigenvalue weighted by atomic mass is 16.5. The van der Waals surface area contributed by atoms with Gasteiger partial charge in [0, 0.05) is 17.9 Å². The van der Waals surface area contributed by atoms with E-state index in [1.807, 2.05) is 0 Å². The van der Waals surface area contributed by atoms with E-state index in [0.29, 0.717) is 17.1 Å². The molecule has 1 aromatic rings. The van der Waals surface area contributed by atoms with Crippen molar-refractivity contribution in [1.82, 2.24) is 0 Å². The fourth-order valence-electron chi connectivity index (χ4n) is 1.60. The summed E-state index contributed by atoms with van der Waals surface area (Å²) in [7, 11) is 3.08. The van der Waals surface area contributed by atoms with Crippen LogP contribution in [0.15, 0.2) is 18.2 Å². The summed E-state index contributed by atoms with van der Waals surface area (Å²) in [5, 5.41) is 0. The Bertz CT molecular complexity index is 449. The van der Waals surface area contributed by atoms with Crippen molar-refractivity contribution in [3.63, 3.8) is 0 Å². The summed E-state index contributed by atoms with van der Waals surface area (Å²) in [5.74, 6) is 0.168. The third kappa shape index (κ3) is 3.32. The lowest BCUT2D eigenvalue weighted by molar-refractivity contribution is -0.138. The fraction of sp³-hybridized carbons (Fsp3) is 0.429. The standard InChI is InChI=1S/C14H18O4/c1-9(2)14(16)12(15)8-10-7-11(17-3)5-6-13(10)18-4/h5-7,9H,8H2,1-4H3. The molecular formula is C14H18O4. The molecule has 1 rings (SSSR count). The van der Waals surface area contributed by atoms with Gasteiger partial charge in [0.05, 0.1) is 14.2 Å². The molecule has 18 heavy (non-hydrogen) atoms. The summed E-state index contributed by atoms with van der Waals surface area (Å²) in [6.45, 7) is 3.42. The fourth-order valence-corrected chi connectivity index (χ4v) is 1.60. The van der Waals surface area contributed by atoms with E-state index in [0.717, 1.165) is 0 Å². The van der Waals surface area contributed by atoms with Gasteiger partial charge in [-0.3, -0.25) is 9.59 Å². The van der Waals surface area contributed by atoms with Crippen molar-refractivity contribution in [1.29, 1.82) is 0 Å². The van der Waals surface area contributed by atoms with Crippen LogP contribution in [0, 0.1) is 5.92 Å². The molecule has 98 valence electrons. The van der Waals surface area contributed by atoms with E-state index in [9.17, 15) is 9.59 Å². The molecule has 0 aromatic heterocycles. The summed E-state index contributed by atoms with van der Waals surface area (Å²) < 4.78 is 10.3. The molecule has 0 N–H and O–H groups in total. The Labute approximate surface area is 107 Å². The summed E-state index contributed by atoms with van der Waals surface area (Å²) in [4.78, 5) is 23.4. The Morgan fingerprint density at radius 1 is 1.17 bits per heavy atom. The maximum absolute atomic E-state index is 11.8. The van der Waals surface area contributed by atoms with Gasteiger partial charge in [0.1, 0.15) is 11.5 Å². The number of methoxy groups -OCH3 is 2. The zero-order chi connectivity index (χ0) is 13.7. The first-order valence-electron chi connectivity index (χ1n) is 5.77. The molecule has 1 aromatic carbocycles. The summed E-state index contributed by atoms with van der Waals surface area (Å²) in [5.41, 5.74) is 0.663. The molecule has 0 atom stereocenters. The van der Waals surface area contributed by atoms with Gasteiger partial charge < -0.3 is 9.47 Å². The van der Waals surface area contributed by atoms with Crippen LogP contribution in [0.3, 0.4) is 0 Å². The van der Waals surface area contributed by atoms with E-state index < -0.39 is 5.78 Å². The maximum atomic E-state index is 11.8. The van der Waals surface area contributed by atoms with Crippen LogP contribution in [-0.2, 0) is 16.0 Å². The largest absolute Gasteiger partial charge is 0.497 e. The van der Waals surface area contributed by atoms with E-state index in [2.05, 4.69) is 0 Å². The van der Waals surface area contributed by atoms with Crippen molar-refractivity contribution in [2.45, 2.75) is 20.3 Å². The molecule has 0 saturated carbocycles. The lowest BCUT2D eigenvalue weighted by Gasteiger charge is -2.10. The summed E-state index contributed by atoms with van der Waals surface area (Å²) in [6.07, 6.45) is 0.0391. The van der Waals surface area contributed by atoms with Crippen LogP contribution in [0.25, 0.3) is 0 Å². The molecule has 0 aliphatic heterocycles. The zero-order valence-corrected chi connectivity index (χ0v) is 11.1. The number of benzene rings is 1. The number of ether oxygens (including phenoxy) is 2. The molecule has 0 spiro atoms. The number of hydrogen-bond acceptors (Lipinski definition) is 4. The van der Waals surface area contributed by atoms with Crippen molar-refractivity contribution < 1.29 is 19.1 Å². The van der Waals surface area contributed by atoms with Crippen molar-refractivity contribution in [3.05, 3.63) is 23.8 Å². The van der Waals surface area contributed by atoms with E-state index in [4.69, 9.17) is 9.47 Å². The molecule has 0 amide bonds. The van der Waals surface area contributed by atoms with Crippen LogP contribution in [-0.4, -0.2) is 25.8 Å². The van der Waals surface area contributed by atoms with Gasteiger partial charge in [-0.2, -0.15) is 0 Å². The number of hydrogen-bond donors (Lipinski definition) is 0. The number of rotatable bonds is 6. The number of Topliss-reactive ketones (excluding diaryl/α,β-unsaturated/α-hetero) is 2. The average Bonchev–Trinajstić information content (AvgIpc) is 2.37. The van der Waals surface area contributed by atoms with Crippen molar-refractivity contribution in [2.24, 2.45) is 5.92 Å². The van der Waals surface area contributed by atoms with Crippen LogP contribution in [0.1, 0.15) is 19.4 Å². The van der Waals surface area contributed by atoms with Gasteiger partial charge in [0.2, 0.25) is 11.6 Å². The zero-order valence-electron chi connectivity index (χ0n) is 11.1. The monoisotopic (exact) mass is 250 g/mol. The van der Waals surface area contributed by atoms with E-state index in [1.165, 1.54) is 7.11 Å². The molecule has 0 unspecified atom stereocenters. The van der Waals surface area contributed by atoms with Crippen molar-refractivity contribution in [2.75, 3.05) is 14.2 Å². The highest BCUT2D eigenvalue weighted by Gasteiger charge is 2.19. The van der Waals surface area contributed by atoms with Gasteiger partial charge in [-0.15, -0.1) is 0 Å². The van der Waals surface area contributed by atoms with Gasteiger partial charge in [-0.1, -0.05) is 13.8 Å². The summed E-state index contributed by atoms with van der Waals surface area (Å²) >= 11 is 0. The second-order valence-electron chi connectivity index (χ2n) is 4.30. The molecule has 0 aliphatic rings. The van der Waals surface area contributed by atoms with Gasteiger partial charge in [-0.25, -0.2) is 0 Å². The first-order chi connectivity index (χ1) is 8.49. The van der Waals surface area contributed by atoms with Crippen molar-refractivity contribution >= 4 is 11.6 Å². The average molecular weight is 250 g/mol. The second kappa shape index (κ2) is 6.19. The maximum Gasteiger partial charge on any atom is 0.203 e. The Hall–Kier alpha value is -1.84. The molecule has 0 radical (unpaired) electrons. The van der Waals surface area contributed by atoms with E-state index >= 15 is 0 Å². The molecule has 0 aliphatic carbocycles. The smallest absolute Gasteiger partial charge is 0.203 e. The predicted octanol–water partition coefficient (Wildman–Crippen LogP) is 2.04. The van der Waals surface area contributed by atoms with E-state index in [-0.39, 0.29) is 18.1 Å². The molecule has 0 saturated heterocycles. The van der Waals surface area contributed by atoms with E-state index in [1.54, 1.807) is 39.2 Å².